The molecule has 0 saturated carbocycles. The van der Waals surface area contributed by atoms with E-state index in [1.165, 1.54) is 5.56 Å². The third-order valence-corrected chi connectivity index (χ3v) is 5.20. The van der Waals surface area contributed by atoms with Gasteiger partial charge in [0.2, 0.25) is 0 Å². The second-order valence-electron chi connectivity index (χ2n) is 8.74. The van der Waals surface area contributed by atoms with E-state index >= 15 is 0 Å². The summed E-state index contributed by atoms with van der Waals surface area (Å²) in [6, 6.07) is 16.0. The zero-order valence-corrected chi connectivity index (χ0v) is 18.6. The Morgan fingerprint density at radius 1 is 1.13 bits per heavy atom. The first kappa shape index (κ1) is 21.6. The number of nitrogens with zero attached hydrogens (tertiary/aromatic N) is 1. The number of aromatic nitrogens is 1. The zero-order valence-electron chi connectivity index (χ0n) is 18.6. The molecule has 5 nitrogen and oxygen atoms in total. The Kier molecular flexibility index (Phi) is 6.30. The van der Waals surface area contributed by atoms with E-state index in [2.05, 4.69) is 55.5 Å². The van der Waals surface area contributed by atoms with Crippen LogP contribution in [-0.2, 0) is 12.0 Å². The number of hydrogen-bond donors (Lipinski definition) is 1. The first-order valence-corrected chi connectivity index (χ1v) is 10.2. The van der Waals surface area contributed by atoms with Gasteiger partial charge >= 0.3 is 0 Å². The largest absolute Gasteiger partial charge is 0.489 e. The molecule has 5 heteroatoms. The molecule has 0 saturated heterocycles. The third kappa shape index (κ3) is 5.09. The number of rotatable bonds is 6. The lowest BCUT2D eigenvalue weighted by atomic mass is 9.86. The molecule has 1 amide bonds. The summed E-state index contributed by atoms with van der Waals surface area (Å²) >= 11 is 0. The summed E-state index contributed by atoms with van der Waals surface area (Å²) in [5, 5.41) is 6.99. The highest BCUT2D eigenvalue weighted by Crippen LogP contribution is 2.24. The van der Waals surface area contributed by atoms with Crippen LogP contribution in [0.1, 0.15) is 72.2 Å². The lowest BCUT2D eigenvalue weighted by molar-refractivity contribution is 0.0928. The SMILES string of the molecule is Cc1cccc(OCc2c(C(=O)NC(C)c3ccc(C(C)(C)C)cc3)noc2C)c1. The number of benzene rings is 2. The minimum absolute atomic E-state index is 0.0927. The molecule has 0 bridgehead atoms. The molecule has 1 unspecified atom stereocenters. The topological polar surface area (TPSA) is 64.4 Å². The van der Waals surface area contributed by atoms with Gasteiger partial charge in [0, 0.05) is 0 Å². The van der Waals surface area contributed by atoms with Gasteiger partial charge in [-0.25, -0.2) is 0 Å². The predicted molar refractivity (Wildman–Crippen MR) is 118 cm³/mol. The minimum atomic E-state index is -0.276. The van der Waals surface area contributed by atoms with Crippen molar-refractivity contribution < 1.29 is 14.1 Å². The fourth-order valence-electron chi connectivity index (χ4n) is 3.22. The highest BCUT2D eigenvalue weighted by Gasteiger charge is 2.22. The first-order valence-electron chi connectivity index (χ1n) is 10.2. The molecule has 0 fully saturated rings. The second kappa shape index (κ2) is 8.74. The van der Waals surface area contributed by atoms with Crippen LogP contribution in [0.15, 0.2) is 53.1 Å². The second-order valence-corrected chi connectivity index (χ2v) is 8.74. The van der Waals surface area contributed by atoms with E-state index in [4.69, 9.17) is 9.26 Å². The fourth-order valence-corrected chi connectivity index (χ4v) is 3.22. The number of hydrogen-bond acceptors (Lipinski definition) is 4. The molecule has 0 radical (unpaired) electrons. The number of ether oxygens (including phenoxy) is 1. The Morgan fingerprint density at radius 3 is 2.47 bits per heavy atom. The molecule has 0 aliphatic heterocycles. The molecular formula is C25H30N2O3. The van der Waals surface area contributed by atoms with Crippen molar-refractivity contribution >= 4 is 5.91 Å². The predicted octanol–water partition coefficient (Wildman–Crippen LogP) is 5.66. The van der Waals surface area contributed by atoms with Crippen molar-refractivity contribution in [2.75, 3.05) is 0 Å². The van der Waals surface area contributed by atoms with E-state index in [1.54, 1.807) is 6.92 Å². The van der Waals surface area contributed by atoms with Crippen molar-refractivity contribution in [2.45, 2.75) is 59.6 Å². The van der Waals surface area contributed by atoms with Crippen LogP contribution in [0.3, 0.4) is 0 Å². The maximum atomic E-state index is 12.9. The monoisotopic (exact) mass is 406 g/mol. The van der Waals surface area contributed by atoms with Gasteiger partial charge in [-0.15, -0.1) is 0 Å². The highest BCUT2D eigenvalue weighted by molar-refractivity contribution is 5.94. The van der Waals surface area contributed by atoms with Gasteiger partial charge in [-0.05, 0) is 55.0 Å². The number of carbonyl (C=O) groups is 1. The van der Waals surface area contributed by atoms with Crippen LogP contribution in [0.5, 0.6) is 5.75 Å². The molecule has 2 aromatic carbocycles. The number of carbonyl (C=O) groups excluding carboxylic acids is 1. The van der Waals surface area contributed by atoms with Gasteiger partial charge in [0.15, 0.2) is 5.69 Å². The average Bonchev–Trinajstić information content (AvgIpc) is 3.06. The summed E-state index contributed by atoms with van der Waals surface area (Å²) in [4.78, 5) is 12.9. The summed E-state index contributed by atoms with van der Waals surface area (Å²) in [7, 11) is 0. The normalized spacial score (nSPS) is 12.5. The van der Waals surface area contributed by atoms with Crippen molar-refractivity contribution in [3.8, 4) is 5.75 Å². The van der Waals surface area contributed by atoms with Crippen molar-refractivity contribution in [3.63, 3.8) is 0 Å². The quantitative estimate of drug-likeness (QED) is 0.574. The van der Waals surface area contributed by atoms with Crippen molar-refractivity contribution in [1.82, 2.24) is 10.5 Å². The molecule has 0 aliphatic rings. The number of aryl methyl sites for hydroxylation is 2. The maximum Gasteiger partial charge on any atom is 0.274 e. The summed E-state index contributed by atoms with van der Waals surface area (Å²) in [6.45, 7) is 12.5. The Balaban J connectivity index is 1.69. The fraction of sp³-hybridized carbons (Fsp3) is 0.360. The first-order chi connectivity index (χ1) is 14.1. The highest BCUT2D eigenvalue weighted by atomic mass is 16.5. The van der Waals surface area contributed by atoms with E-state index < -0.39 is 0 Å². The van der Waals surface area contributed by atoms with E-state index in [0.717, 1.165) is 16.9 Å². The molecule has 1 N–H and O–H groups in total. The molecule has 3 rings (SSSR count). The van der Waals surface area contributed by atoms with Gasteiger partial charge in [0.1, 0.15) is 18.1 Å². The van der Waals surface area contributed by atoms with Crippen LogP contribution < -0.4 is 10.1 Å². The summed E-state index contributed by atoms with van der Waals surface area (Å²) in [5.74, 6) is 1.05. The average molecular weight is 407 g/mol. The molecule has 3 aromatic rings. The van der Waals surface area contributed by atoms with E-state index in [-0.39, 0.29) is 29.7 Å². The lowest BCUT2D eigenvalue weighted by Crippen LogP contribution is -2.28. The Morgan fingerprint density at radius 2 is 1.83 bits per heavy atom. The van der Waals surface area contributed by atoms with E-state index in [9.17, 15) is 4.79 Å². The molecule has 1 atom stereocenters. The number of amides is 1. The van der Waals surface area contributed by atoms with Gasteiger partial charge < -0.3 is 14.6 Å². The summed E-state index contributed by atoms with van der Waals surface area (Å²) in [6.07, 6.45) is 0. The van der Waals surface area contributed by atoms with Gasteiger partial charge in [0.25, 0.3) is 5.91 Å². The van der Waals surface area contributed by atoms with Crippen molar-refractivity contribution in [1.29, 1.82) is 0 Å². The van der Waals surface area contributed by atoms with Crippen LogP contribution in [0.4, 0.5) is 0 Å². The lowest BCUT2D eigenvalue weighted by Gasteiger charge is -2.20. The molecule has 30 heavy (non-hydrogen) atoms. The molecule has 158 valence electrons. The minimum Gasteiger partial charge on any atom is -0.489 e. The van der Waals surface area contributed by atoms with Crippen LogP contribution in [0, 0.1) is 13.8 Å². The zero-order chi connectivity index (χ0) is 21.9. The summed E-state index contributed by atoms with van der Waals surface area (Å²) < 4.78 is 11.1. The third-order valence-electron chi connectivity index (χ3n) is 5.20. The maximum absolute atomic E-state index is 12.9. The Bertz CT molecular complexity index is 1010. The molecule has 1 aromatic heterocycles. The molecule has 1 heterocycles. The Hall–Kier alpha value is -3.08. The summed E-state index contributed by atoms with van der Waals surface area (Å²) in [5.41, 5.74) is 4.41. The van der Waals surface area contributed by atoms with Gasteiger partial charge in [-0.1, -0.05) is 62.3 Å². The van der Waals surface area contributed by atoms with E-state index in [1.807, 2.05) is 38.1 Å². The van der Waals surface area contributed by atoms with Crippen LogP contribution in [-0.4, -0.2) is 11.1 Å². The van der Waals surface area contributed by atoms with Gasteiger partial charge in [0.05, 0.1) is 11.6 Å². The Labute approximate surface area is 178 Å². The molecule has 0 aliphatic carbocycles. The van der Waals surface area contributed by atoms with Crippen LogP contribution >= 0.6 is 0 Å². The molecular weight excluding hydrogens is 376 g/mol. The van der Waals surface area contributed by atoms with E-state index in [0.29, 0.717) is 11.3 Å². The smallest absolute Gasteiger partial charge is 0.274 e. The number of nitrogens with one attached hydrogen (secondary N) is 1. The van der Waals surface area contributed by atoms with Crippen LogP contribution in [0.25, 0.3) is 0 Å². The van der Waals surface area contributed by atoms with Crippen LogP contribution in [0.2, 0.25) is 0 Å². The van der Waals surface area contributed by atoms with Gasteiger partial charge in [-0.3, -0.25) is 4.79 Å². The van der Waals surface area contributed by atoms with Crippen molar-refractivity contribution in [2.24, 2.45) is 0 Å². The molecule has 0 spiro atoms. The van der Waals surface area contributed by atoms with Crippen molar-refractivity contribution in [3.05, 3.63) is 82.2 Å². The van der Waals surface area contributed by atoms with Gasteiger partial charge in [-0.2, -0.15) is 0 Å². The standard InChI is InChI=1S/C25H30N2O3/c1-16-8-7-9-21(14-16)29-15-22-18(3)30-27-23(22)24(28)26-17(2)19-10-12-20(13-11-19)25(4,5)6/h7-14,17H,15H2,1-6H3,(H,26,28).